The molecule has 0 spiro atoms. The molecule has 2 aromatic rings. The van der Waals surface area contributed by atoms with Gasteiger partial charge in [0, 0.05) is 69.1 Å². The molecule has 0 aromatic carbocycles. The van der Waals surface area contributed by atoms with Gasteiger partial charge in [-0.2, -0.15) is 5.10 Å². The Hall–Kier alpha value is -2.70. The van der Waals surface area contributed by atoms with E-state index in [1.165, 1.54) is 30.5 Å². The van der Waals surface area contributed by atoms with Gasteiger partial charge in [0.1, 0.15) is 0 Å². The first kappa shape index (κ1) is 19.6. The van der Waals surface area contributed by atoms with Gasteiger partial charge in [0.15, 0.2) is 0 Å². The molecule has 0 saturated heterocycles. The quantitative estimate of drug-likeness (QED) is 0.842. The van der Waals surface area contributed by atoms with Crippen molar-refractivity contribution in [2.24, 2.45) is 13.0 Å². The second kappa shape index (κ2) is 8.76. The monoisotopic (exact) mass is 395 g/mol. The standard InChI is InChI=1S/C22H29N5O2/c1-26-20-10-13-27(22(29)16-6-3-2-4-7-16)15-18(20)19(25-26)9-12-24-21(28)17-8-5-11-23-14-17/h5,8,11,14,16H,2-4,6-7,9-10,12-13,15H2,1H3,(H,24,28). The van der Waals surface area contributed by atoms with E-state index in [1.807, 2.05) is 16.6 Å². The van der Waals surface area contributed by atoms with Crippen LogP contribution in [0.5, 0.6) is 0 Å². The largest absolute Gasteiger partial charge is 0.352 e. The van der Waals surface area contributed by atoms with Gasteiger partial charge in [0.05, 0.1) is 11.3 Å². The van der Waals surface area contributed by atoms with Crippen molar-refractivity contribution in [2.45, 2.75) is 51.5 Å². The minimum atomic E-state index is -0.128. The van der Waals surface area contributed by atoms with Gasteiger partial charge >= 0.3 is 0 Å². The molecule has 3 heterocycles. The average Bonchev–Trinajstić information content (AvgIpc) is 3.09. The maximum absolute atomic E-state index is 13.0. The Kier molecular flexibility index (Phi) is 5.92. The molecule has 1 aliphatic heterocycles. The third-order valence-electron chi connectivity index (χ3n) is 6.16. The number of hydrogen-bond acceptors (Lipinski definition) is 4. The molecule has 29 heavy (non-hydrogen) atoms. The maximum Gasteiger partial charge on any atom is 0.252 e. The highest BCUT2D eigenvalue weighted by Crippen LogP contribution is 2.29. The van der Waals surface area contributed by atoms with Crippen LogP contribution in [0.15, 0.2) is 24.5 Å². The number of carbonyl (C=O) groups excluding carboxylic acids is 2. The third-order valence-corrected chi connectivity index (χ3v) is 6.16. The summed E-state index contributed by atoms with van der Waals surface area (Å²) < 4.78 is 1.94. The van der Waals surface area contributed by atoms with E-state index in [2.05, 4.69) is 15.4 Å². The number of fused-ring (bicyclic) bond motifs is 1. The molecule has 0 atom stereocenters. The number of rotatable bonds is 5. The molecule has 0 unspecified atom stereocenters. The van der Waals surface area contributed by atoms with Crippen LogP contribution >= 0.6 is 0 Å². The summed E-state index contributed by atoms with van der Waals surface area (Å²) in [4.78, 5) is 31.2. The molecule has 1 N–H and O–H groups in total. The lowest BCUT2D eigenvalue weighted by atomic mass is 9.87. The van der Waals surface area contributed by atoms with Gasteiger partial charge in [-0.15, -0.1) is 0 Å². The molecule has 2 amide bonds. The van der Waals surface area contributed by atoms with E-state index in [-0.39, 0.29) is 11.8 Å². The highest BCUT2D eigenvalue weighted by Gasteiger charge is 2.31. The predicted molar refractivity (Wildman–Crippen MR) is 109 cm³/mol. The number of aryl methyl sites for hydroxylation is 1. The third kappa shape index (κ3) is 4.33. The molecular formula is C22H29N5O2. The Morgan fingerprint density at radius 3 is 2.83 bits per heavy atom. The molecule has 0 radical (unpaired) electrons. The molecule has 2 aromatic heterocycles. The fraction of sp³-hybridized carbons (Fsp3) is 0.545. The molecule has 1 fully saturated rings. The van der Waals surface area contributed by atoms with Crippen LogP contribution in [0.2, 0.25) is 0 Å². The highest BCUT2D eigenvalue weighted by atomic mass is 16.2. The van der Waals surface area contributed by atoms with Crippen molar-refractivity contribution in [3.8, 4) is 0 Å². The van der Waals surface area contributed by atoms with E-state index in [0.717, 1.165) is 31.5 Å². The van der Waals surface area contributed by atoms with E-state index >= 15 is 0 Å². The molecule has 2 aliphatic rings. The molecule has 1 aliphatic carbocycles. The fourth-order valence-corrected chi connectivity index (χ4v) is 4.56. The first-order valence-electron chi connectivity index (χ1n) is 10.6. The van der Waals surface area contributed by atoms with E-state index in [4.69, 9.17) is 0 Å². The van der Waals surface area contributed by atoms with Crippen LogP contribution in [-0.4, -0.2) is 44.6 Å². The van der Waals surface area contributed by atoms with E-state index in [0.29, 0.717) is 31.0 Å². The van der Waals surface area contributed by atoms with Crippen molar-refractivity contribution in [2.75, 3.05) is 13.1 Å². The van der Waals surface area contributed by atoms with E-state index in [9.17, 15) is 9.59 Å². The summed E-state index contributed by atoms with van der Waals surface area (Å²) >= 11 is 0. The average molecular weight is 396 g/mol. The van der Waals surface area contributed by atoms with Crippen molar-refractivity contribution >= 4 is 11.8 Å². The van der Waals surface area contributed by atoms with Crippen LogP contribution in [0.1, 0.15) is 59.4 Å². The summed E-state index contributed by atoms with van der Waals surface area (Å²) in [6.45, 7) is 1.93. The lowest BCUT2D eigenvalue weighted by molar-refractivity contribution is -0.137. The zero-order valence-electron chi connectivity index (χ0n) is 17.1. The molecule has 7 nitrogen and oxygen atoms in total. The Bertz CT molecular complexity index is 871. The van der Waals surface area contributed by atoms with Gasteiger partial charge in [-0.05, 0) is 25.0 Å². The molecule has 154 valence electrons. The smallest absolute Gasteiger partial charge is 0.252 e. The summed E-state index contributed by atoms with van der Waals surface area (Å²) in [7, 11) is 1.97. The summed E-state index contributed by atoms with van der Waals surface area (Å²) in [6, 6.07) is 3.50. The molecule has 7 heteroatoms. The highest BCUT2D eigenvalue weighted by molar-refractivity contribution is 5.93. The SMILES string of the molecule is Cn1nc(CCNC(=O)c2cccnc2)c2c1CCN(C(=O)C1CCCCC1)C2. The first-order chi connectivity index (χ1) is 14.1. The van der Waals surface area contributed by atoms with Crippen molar-refractivity contribution in [3.63, 3.8) is 0 Å². The lowest BCUT2D eigenvalue weighted by Crippen LogP contribution is -2.40. The Balaban J connectivity index is 1.39. The van der Waals surface area contributed by atoms with Crippen molar-refractivity contribution in [1.82, 2.24) is 25.0 Å². The number of aromatic nitrogens is 3. The maximum atomic E-state index is 13.0. The predicted octanol–water partition coefficient (Wildman–Crippen LogP) is 2.25. The summed E-state index contributed by atoms with van der Waals surface area (Å²) in [5, 5.41) is 7.62. The summed E-state index contributed by atoms with van der Waals surface area (Å²) in [5.74, 6) is 0.385. The minimum absolute atomic E-state index is 0.128. The number of pyridine rings is 1. The van der Waals surface area contributed by atoms with Gasteiger partial charge < -0.3 is 10.2 Å². The summed E-state index contributed by atoms with van der Waals surface area (Å²) in [5.41, 5.74) is 3.92. The summed E-state index contributed by atoms with van der Waals surface area (Å²) in [6.07, 6.45) is 10.4. The van der Waals surface area contributed by atoms with Crippen LogP contribution < -0.4 is 5.32 Å². The van der Waals surface area contributed by atoms with Crippen molar-refractivity contribution in [3.05, 3.63) is 47.0 Å². The topological polar surface area (TPSA) is 80.1 Å². The number of nitrogens with one attached hydrogen (secondary N) is 1. The lowest BCUT2D eigenvalue weighted by Gasteiger charge is -2.32. The van der Waals surface area contributed by atoms with Crippen molar-refractivity contribution < 1.29 is 9.59 Å². The van der Waals surface area contributed by atoms with Gasteiger partial charge in [0.25, 0.3) is 5.91 Å². The van der Waals surface area contributed by atoms with Gasteiger partial charge in [-0.3, -0.25) is 19.3 Å². The van der Waals surface area contributed by atoms with Crippen LogP contribution in [-0.2, 0) is 31.2 Å². The molecule has 4 rings (SSSR count). The van der Waals surface area contributed by atoms with Crippen molar-refractivity contribution in [1.29, 1.82) is 0 Å². The Morgan fingerprint density at radius 2 is 2.07 bits per heavy atom. The Labute approximate surface area is 171 Å². The zero-order chi connectivity index (χ0) is 20.2. The second-order valence-corrected chi connectivity index (χ2v) is 8.09. The van der Waals surface area contributed by atoms with Crippen LogP contribution in [0.25, 0.3) is 0 Å². The second-order valence-electron chi connectivity index (χ2n) is 8.09. The van der Waals surface area contributed by atoms with Gasteiger partial charge in [-0.25, -0.2) is 0 Å². The first-order valence-corrected chi connectivity index (χ1v) is 10.6. The normalized spacial score (nSPS) is 17.1. The molecule has 0 bridgehead atoms. The number of nitrogens with zero attached hydrogens (tertiary/aromatic N) is 4. The zero-order valence-corrected chi connectivity index (χ0v) is 17.1. The molecular weight excluding hydrogens is 366 g/mol. The van der Waals surface area contributed by atoms with Gasteiger partial charge in [0.2, 0.25) is 5.91 Å². The Morgan fingerprint density at radius 1 is 1.24 bits per heavy atom. The van der Waals surface area contributed by atoms with E-state index in [1.54, 1.807) is 24.5 Å². The van der Waals surface area contributed by atoms with Crippen LogP contribution in [0, 0.1) is 5.92 Å². The fourth-order valence-electron chi connectivity index (χ4n) is 4.56. The van der Waals surface area contributed by atoms with Crippen LogP contribution in [0.3, 0.4) is 0 Å². The van der Waals surface area contributed by atoms with Gasteiger partial charge in [-0.1, -0.05) is 19.3 Å². The minimum Gasteiger partial charge on any atom is -0.352 e. The number of carbonyl (C=O) groups is 2. The molecule has 1 saturated carbocycles. The van der Waals surface area contributed by atoms with Crippen LogP contribution in [0.4, 0.5) is 0 Å². The number of hydrogen-bond donors (Lipinski definition) is 1. The number of amides is 2. The van der Waals surface area contributed by atoms with E-state index < -0.39 is 0 Å².